The number of benzene rings is 3. The molecule has 6 heteroatoms. The van der Waals surface area contributed by atoms with Crippen molar-refractivity contribution in [3.05, 3.63) is 77.9 Å². The van der Waals surface area contributed by atoms with Gasteiger partial charge in [0.25, 0.3) is 0 Å². The monoisotopic (exact) mass is 410 g/mol. The molecule has 0 aliphatic rings. The molecule has 0 radical (unpaired) electrons. The number of hydrogen-bond acceptors (Lipinski definition) is 3. The quantitative estimate of drug-likeness (QED) is 0.643. The molecule has 1 N–H and O–H groups in total. The molecule has 3 rings (SSSR count). The van der Waals surface area contributed by atoms with Gasteiger partial charge in [0.05, 0.1) is 11.9 Å². The summed E-state index contributed by atoms with van der Waals surface area (Å²) in [7, 11) is -3.62. The zero-order valence-electron chi connectivity index (χ0n) is 16.9. The SMILES string of the molecule is CCc1ccc(N([C@H](C)C(=O)NCc2ccc3ccccc3c2)S(C)(=O)=O)cc1. The Morgan fingerprint density at radius 1 is 0.966 bits per heavy atom. The van der Waals surface area contributed by atoms with Crippen LogP contribution in [0.3, 0.4) is 0 Å². The first-order valence-corrected chi connectivity index (χ1v) is 11.5. The molecule has 0 aromatic heterocycles. The topological polar surface area (TPSA) is 66.5 Å². The molecule has 0 bridgehead atoms. The number of nitrogens with zero attached hydrogens (tertiary/aromatic N) is 1. The number of rotatable bonds is 7. The standard InChI is InChI=1S/C23H26N2O3S/c1-4-18-10-13-22(14-11-18)25(29(3,27)28)17(2)23(26)24-16-19-9-12-20-7-5-6-8-21(20)15-19/h5-15,17H,4,16H2,1-3H3,(H,24,26)/t17-/m1/s1. The van der Waals surface area contributed by atoms with E-state index in [0.29, 0.717) is 12.2 Å². The Hall–Kier alpha value is -2.86. The first kappa shape index (κ1) is 20.9. The molecule has 1 atom stereocenters. The fourth-order valence-electron chi connectivity index (χ4n) is 3.37. The molecule has 0 saturated heterocycles. The predicted molar refractivity (Wildman–Crippen MR) is 118 cm³/mol. The maximum atomic E-state index is 12.7. The normalized spacial score (nSPS) is 12.5. The summed E-state index contributed by atoms with van der Waals surface area (Å²) >= 11 is 0. The van der Waals surface area contributed by atoms with Crippen LogP contribution >= 0.6 is 0 Å². The largest absolute Gasteiger partial charge is 0.350 e. The molecule has 0 aliphatic heterocycles. The van der Waals surface area contributed by atoms with Crippen molar-refractivity contribution in [3.63, 3.8) is 0 Å². The Morgan fingerprint density at radius 2 is 1.59 bits per heavy atom. The van der Waals surface area contributed by atoms with Crippen LogP contribution in [0, 0.1) is 0 Å². The number of aryl methyl sites for hydroxylation is 1. The minimum absolute atomic E-state index is 0.334. The van der Waals surface area contributed by atoms with E-state index in [4.69, 9.17) is 0 Å². The molecule has 152 valence electrons. The van der Waals surface area contributed by atoms with Gasteiger partial charge in [0.15, 0.2) is 0 Å². The number of carbonyl (C=O) groups is 1. The molecule has 0 fully saturated rings. The van der Waals surface area contributed by atoms with Crippen LogP contribution in [-0.2, 0) is 27.8 Å². The molecule has 0 heterocycles. The highest BCUT2D eigenvalue weighted by Gasteiger charge is 2.28. The Kier molecular flexibility index (Phi) is 6.23. The summed E-state index contributed by atoms with van der Waals surface area (Å²) in [4.78, 5) is 12.7. The van der Waals surface area contributed by atoms with Crippen LogP contribution < -0.4 is 9.62 Å². The van der Waals surface area contributed by atoms with Gasteiger partial charge in [-0.25, -0.2) is 8.42 Å². The van der Waals surface area contributed by atoms with Crippen molar-refractivity contribution in [1.29, 1.82) is 0 Å². The number of nitrogens with one attached hydrogen (secondary N) is 1. The van der Waals surface area contributed by atoms with Crippen molar-refractivity contribution < 1.29 is 13.2 Å². The van der Waals surface area contributed by atoms with Crippen molar-refractivity contribution in [2.24, 2.45) is 0 Å². The lowest BCUT2D eigenvalue weighted by atomic mass is 10.1. The van der Waals surface area contributed by atoms with Gasteiger partial charge in [-0.15, -0.1) is 0 Å². The second-order valence-electron chi connectivity index (χ2n) is 7.15. The molecule has 1 amide bonds. The smallest absolute Gasteiger partial charge is 0.243 e. The second kappa shape index (κ2) is 8.66. The number of anilines is 1. The first-order valence-electron chi connectivity index (χ1n) is 9.63. The van der Waals surface area contributed by atoms with Crippen LogP contribution in [0.25, 0.3) is 10.8 Å². The summed E-state index contributed by atoms with van der Waals surface area (Å²) in [5.74, 6) is -0.344. The van der Waals surface area contributed by atoms with Crippen molar-refractivity contribution in [2.45, 2.75) is 32.9 Å². The van der Waals surface area contributed by atoms with Gasteiger partial charge in [-0.3, -0.25) is 9.10 Å². The van der Waals surface area contributed by atoms with E-state index in [9.17, 15) is 13.2 Å². The third-order valence-electron chi connectivity index (χ3n) is 4.97. The highest BCUT2D eigenvalue weighted by Crippen LogP contribution is 2.22. The zero-order chi connectivity index (χ0) is 21.0. The minimum Gasteiger partial charge on any atom is -0.350 e. The van der Waals surface area contributed by atoms with Crippen LogP contribution in [0.1, 0.15) is 25.0 Å². The molecule has 0 aliphatic carbocycles. The molecule has 29 heavy (non-hydrogen) atoms. The van der Waals surface area contributed by atoms with Crippen molar-refractivity contribution in [3.8, 4) is 0 Å². The van der Waals surface area contributed by atoms with Crippen LogP contribution in [0.2, 0.25) is 0 Å². The second-order valence-corrected chi connectivity index (χ2v) is 9.01. The third-order valence-corrected chi connectivity index (χ3v) is 6.21. The van der Waals surface area contributed by atoms with Gasteiger partial charge < -0.3 is 5.32 Å². The van der Waals surface area contributed by atoms with E-state index in [1.807, 2.05) is 61.5 Å². The summed E-state index contributed by atoms with van der Waals surface area (Å²) in [5.41, 5.74) is 2.55. The van der Waals surface area contributed by atoms with Crippen LogP contribution in [0.15, 0.2) is 66.7 Å². The Labute approximate surface area is 172 Å². The lowest BCUT2D eigenvalue weighted by Crippen LogP contribution is -2.47. The molecule has 0 spiro atoms. The van der Waals surface area contributed by atoms with Gasteiger partial charge in [-0.1, -0.05) is 55.5 Å². The van der Waals surface area contributed by atoms with Crippen molar-refractivity contribution in [1.82, 2.24) is 5.32 Å². The number of amides is 1. The van der Waals surface area contributed by atoms with E-state index in [1.54, 1.807) is 19.1 Å². The lowest BCUT2D eigenvalue weighted by Gasteiger charge is -2.28. The van der Waals surface area contributed by atoms with Crippen molar-refractivity contribution >= 4 is 32.4 Å². The number of hydrogen-bond donors (Lipinski definition) is 1. The maximum absolute atomic E-state index is 12.7. The van der Waals surface area contributed by atoms with Gasteiger partial charge >= 0.3 is 0 Å². The lowest BCUT2D eigenvalue weighted by molar-refractivity contribution is -0.122. The van der Waals surface area contributed by atoms with E-state index in [1.165, 1.54) is 4.31 Å². The van der Waals surface area contributed by atoms with E-state index < -0.39 is 16.1 Å². The van der Waals surface area contributed by atoms with Gasteiger partial charge in [0, 0.05) is 6.54 Å². The molecule has 0 unspecified atom stereocenters. The zero-order valence-corrected chi connectivity index (χ0v) is 17.7. The summed E-state index contributed by atoms with van der Waals surface area (Å²) in [6.07, 6.45) is 1.98. The maximum Gasteiger partial charge on any atom is 0.243 e. The third kappa shape index (κ3) is 4.95. The van der Waals surface area contributed by atoms with E-state index in [0.717, 1.165) is 34.6 Å². The summed E-state index contributed by atoms with van der Waals surface area (Å²) in [6.45, 7) is 3.97. The fraction of sp³-hybridized carbons (Fsp3) is 0.261. The molecular formula is C23H26N2O3S. The van der Waals surface area contributed by atoms with E-state index in [-0.39, 0.29) is 5.91 Å². The average Bonchev–Trinajstić information content (AvgIpc) is 2.71. The fourth-order valence-corrected chi connectivity index (χ4v) is 4.55. The highest BCUT2D eigenvalue weighted by molar-refractivity contribution is 7.92. The number of carbonyl (C=O) groups excluding carboxylic acids is 1. The predicted octanol–water partition coefficient (Wildman–Crippen LogP) is 3.87. The van der Waals surface area contributed by atoms with Crippen LogP contribution in [0.5, 0.6) is 0 Å². The van der Waals surface area contributed by atoms with Gasteiger partial charge in [0.2, 0.25) is 15.9 Å². The number of fused-ring (bicyclic) bond motifs is 1. The van der Waals surface area contributed by atoms with Crippen molar-refractivity contribution in [2.75, 3.05) is 10.6 Å². The first-order chi connectivity index (χ1) is 13.8. The molecular weight excluding hydrogens is 384 g/mol. The summed E-state index contributed by atoms with van der Waals surface area (Å²) in [5, 5.41) is 5.10. The van der Waals surface area contributed by atoms with E-state index >= 15 is 0 Å². The van der Waals surface area contributed by atoms with Crippen LogP contribution in [0.4, 0.5) is 5.69 Å². The molecule has 3 aromatic carbocycles. The van der Waals surface area contributed by atoms with Gasteiger partial charge in [-0.2, -0.15) is 0 Å². The highest BCUT2D eigenvalue weighted by atomic mass is 32.2. The summed E-state index contributed by atoms with van der Waals surface area (Å²) < 4.78 is 26.0. The van der Waals surface area contributed by atoms with Gasteiger partial charge in [-0.05, 0) is 53.4 Å². The number of sulfonamides is 1. The average molecular weight is 411 g/mol. The molecule has 3 aromatic rings. The summed E-state index contributed by atoms with van der Waals surface area (Å²) in [6, 6.07) is 20.4. The Bertz CT molecular complexity index is 1110. The van der Waals surface area contributed by atoms with Crippen LogP contribution in [-0.4, -0.2) is 26.6 Å². The van der Waals surface area contributed by atoms with E-state index in [2.05, 4.69) is 5.32 Å². The Balaban J connectivity index is 1.76. The van der Waals surface area contributed by atoms with Gasteiger partial charge in [0.1, 0.15) is 6.04 Å². The minimum atomic E-state index is -3.62. The molecule has 0 saturated carbocycles. The molecule has 5 nitrogen and oxygen atoms in total. The Morgan fingerprint density at radius 3 is 2.21 bits per heavy atom.